The van der Waals surface area contributed by atoms with Gasteiger partial charge in [0.2, 0.25) is 11.8 Å². The molecule has 7 nitrogen and oxygen atoms in total. The highest BCUT2D eigenvalue weighted by Crippen LogP contribution is 2.34. The molecule has 0 spiro atoms. The van der Waals surface area contributed by atoms with Gasteiger partial charge in [-0.25, -0.2) is 4.39 Å². The minimum Gasteiger partial charge on any atom is -0.497 e. The molecule has 2 unspecified atom stereocenters. The molecule has 3 rings (SSSR count). The van der Waals surface area contributed by atoms with Crippen molar-refractivity contribution in [2.75, 3.05) is 46.3 Å². The summed E-state index contributed by atoms with van der Waals surface area (Å²) < 4.78 is 29.4. The van der Waals surface area contributed by atoms with Crippen LogP contribution in [0, 0.1) is 18.7 Å². The van der Waals surface area contributed by atoms with Gasteiger partial charge in [-0.05, 0) is 42.7 Å². The van der Waals surface area contributed by atoms with Crippen LogP contribution in [-0.4, -0.2) is 57.7 Å². The second-order valence-corrected chi connectivity index (χ2v) is 7.93. The van der Waals surface area contributed by atoms with E-state index in [0.717, 1.165) is 5.56 Å². The van der Waals surface area contributed by atoms with Gasteiger partial charge in [0.15, 0.2) is 0 Å². The number of nitrogens with zero attached hydrogens (tertiary/aromatic N) is 1. The van der Waals surface area contributed by atoms with Crippen LogP contribution in [0.1, 0.15) is 23.5 Å². The van der Waals surface area contributed by atoms with Crippen LogP contribution < -0.4 is 14.8 Å². The molecule has 0 aromatic heterocycles. The maximum atomic E-state index is 13.8. The van der Waals surface area contributed by atoms with Gasteiger partial charge in [0.05, 0.1) is 25.8 Å². The van der Waals surface area contributed by atoms with E-state index in [4.69, 9.17) is 14.2 Å². The second kappa shape index (κ2) is 10.5. The number of likely N-dealkylation sites (tertiary alicyclic amines) is 1. The SMILES string of the molecule is COCC(=O)N1CC(C(=O)Nc2ccc(OC)cc2OC)CC(c2ccc(F)c(C)c2)C1. The summed E-state index contributed by atoms with van der Waals surface area (Å²) in [6, 6.07) is 10.1. The van der Waals surface area contributed by atoms with Crippen molar-refractivity contribution in [2.24, 2.45) is 5.92 Å². The number of benzene rings is 2. The smallest absolute Gasteiger partial charge is 0.248 e. The van der Waals surface area contributed by atoms with E-state index in [2.05, 4.69) is 5.32 Å². The molecule has 2 atom stereocenters. The maximum Gasteiger partial charge on any atom is 0.248 e. The van der Waals surface area contributed by atoms with E-state index in [1.54, 1.807) is 49.3 Å². The van der Waals surface area contributed by atoms with Crippen LogP contribution in [0.2, 0.25) is 0 Å². The van der Waals surface area contributed by atoms with Crippen molar-refractivity contribution < 1.29 is 28.2 Å². The predicted octanol–water partition coefficient (Wildman–Crippen LogP) is 3.37. The number of hydrogen-bond donors (Lipinski definition) is 1. The molecule has 1 N–H and O–H groups in total. The number of carbonyl (C=O) groups is 2. The van der Waals surface area contributed by atoms with Crippen molar-refractivity contribution >= 4 is 17.5 Å². The van der Waals surface area contributed by atoms with Crippen molar-refractivity contribution in [3.8, 4) is 11.5 Å². The molecule has 2 aromatic rings. The lowest BCUT2D eigenvalue weighted by Crippen LogP contribution is -2.47. The average molecular weight is 445 g/mol. The van der Waals surface area contributed by atoms with E-state index in [0.29, 0.717) is 35.7 Å². The summed E-state index contributed by atoms with van der Waals surface area (Å²) in [6.45, 7) is 2.37. The largest absolute Gasteiger partial charge is 0.497 e. The molecule has 1 heterocycles. The first-order chi connectivity index (χ1) is 15.4. The number of carbonyl (C=O) groups excluding carboxylic acids is 2. The summed E-state index contributed by atoms with van der Waals surface area (Å²) >= 11 is 0. The van der Waals surface area contributed by atoms with Gasteiger partial charge in [-0.1, -0.05) is 12.1 Å². The van der Waals surface area contributed by atoms with Gasteiger partial charge >= 0.3 is 0 Å². The highest BCUT2D eigenvalue weighted by molar-refractivity contribution is 5.94. The number of anilines is 1. The van der Waals surface area contributed by atoms with E-state index in [-0.39, 0.29) is 36.7 Å². The molecule has 32 heavy (non-hydrogen) atoms. The molecule has 0 bridgehead atoms. The summed E-state index contributed by atoms with van der Waals surface area (Å²) in [4.78, 5) is 27.4. The Morgan fingerprint density at radius 3 is 2.53 bits per heavy atom. The third-order valence-electron chi connectivity index (χ3n) is 5.76. The maximum absolute atomic E-state index is 13.8. The monoisotopic (exact) mass is 444 g/mol. The quantitative estimate of drug-likeness (QED) is 0.709. The first-order valence-electron chi connectivity index (χ1n) is 10.4. The molecule has 0 radical (unpaired) electrons. The zero-order chi connectivity index (χ0) is 23.3. The van der Waals surface area contributed by atoms with E-state index in [1.165, 1.54) is 20.3 Å². The molecule has 2 aromatic carbocycles. The van der Waals surface area contributed by atoms with Crippen molar-refractivity contribution in [3.63, 3.8) is 0 Å². The average Bonchev–Trinajstić information content (AvgIpc) is 2.80. The molecule has 1 aliphatic rings. The molecule has 1 fully saturated rings. The molecule has 8 heteroatoms. The Morgan fingerprint density at radius 2 is 1.88 bits per heavy atom. The van der Waals surface area contributed by atoms with Crippen molar-refractivity contribution in [2.45, 2.75) is 19.3 Å². The molecule has 1 saturated heterocycles. The van der Waals surface area contributed by atoms with Gasteiger partial charge in [-0.2, -0.15) is 0 Å². The second-order valence-electron chi connectivity index (χ2n) is 7.93. The van der Waals surface area contributed by atoms with Crippen LogP contribution in [0.15, 0.2) is 36.4 Å². The Kier molecular flexibility index (Phi) is 7.69. The van der Waals surface area contributed by atoms with Gasteiger partial charge in [-0.3, -0.25) is 9.59 Å². The topological polar surface area (TPSA) is 77.1 Å². The first-order valence-corrected chi connectivity index (χ1v) is 10.4. The Labute approximate surface area is 187 Å². The van der Waals surface area contributed by atoms with Gasteiger partial charge < -0.3 is 24.4 Å². The number of aryl methyl sites for hydroxylation is 1. The number of piperidine rings is 1. The number of rotatable bonds is 7. The molecular weight excluding hydrogens is 415 g/mol. The summed E-state index contributed by atoms with van der Waals surface area (Å²) in [5.74, 6) is -0.142. The molecule has 0 saturated carbocycles. The molecular formula is C24H29FN2O5. The normalized spacial score (nSPS) is 18.2. The Hall–Kier alpha value is -3.13. The Morgan fingerprint density at radius 1 is 1.09 bits per heavy atom. The van der Waals surface area contributed by atoms with Crippen LogP contribution in [0.25, 0.3) is 0 Å². The van der Waals surface area contributed by atoms with Gasteiger partial charge in [0.1, 0.15) is 23.9 Å². The van der Waals surface area contributed by atoms with Gasteiger partial charge in [0.25, 0.3) is 0 Å². The zero-order valence-electron chi connectivity index (χ0n) is 18.8. The molecule has 172 valence electrons. The molecule has 1 aliphatic heterocycles. The zero-order valence-corrected chi connectivity index (χ0v) is 18.8. The highest BCUT2D eigenvalue weighted by atomic mass is 19.1. The van der Waals surface area contributed by atoms with Crippen molar-refractivity contribution in [3.05, 3.63) is 53.3 Å². The Balaban J connectivity index is 1.84. The van der Waals surface area contributed by atoms with Crippen LogP contribution in [0.5, 0.6) is 11.5 Å². The summed E-state index contributed by atoms with van der Waals surface area (Å²) in [7, 11) is 4.53. The van der Waals surface area contributed by atoms with Gasteiger partial charge in [-0.15, -0.1) is 0 Å². The van der Waals surface area contributed by atoms with Crippen molar-refractivity contribution in [1.29, 1.82) is 0 Å². The summed E-state index contributed by atoms with van der Waals surface area (Å²) in [5, 5.41) is 2.92. The summed E-state index contributed by atoms with van der Waals surface area (Å²) in [6.07, 6.45) is 0.534. The number of amides is 2. The van der Waals surface area contributed by atoms with Gasteiger partial charge in [0, 0.05) is 32.2 Å². The number of halogens is 1. The van der Waals surface area contributed by atoms with E-state index in [9.17, 15) is 14.0 Å². The molecule has 2 amide bonds. The number of nitrogens with one attached hydrogen (secondary N) is 1. The fourth-order valence-electron chi connectivity index (χ4n) is 4.01. The fourth-order valence-corrected chi connectivity index (χ4v) is 4.01. The van der Waals surface area contributed by atoms with Crippen LogP contribution in [0.3, 0.4) is 0 Å². The van der Waals surface area contributed by atoms with Crippen LogP contribution in [-0.2, 0) is 14.3 Å². The summed E-state index contributed by atoms with van der Waals surface area (Å²) in [5.41, 5.74) is 1.96. The highest BCUT2D eigenvalue weighted by Gasteiger charge is 2.35. The number of hydrogen-bond acceptors (Lipinski definition) is 5. The van der Waals surface area contributed by atoms with Crippen LogP contribution >= 0.6 is 0 Å². The lowest BCUT2D eigenvalue weighted by atomic mass is 9.83. The number of methoxy groups -OCH3 is 3. The first kappa shape index (κ1) is 23.5. The van der Waals surface area contributed by atoms with E-state index < -0.39 is 5.92 Å². The lowest BCUT2D eigenvalue weighted by Gasteiger charge is -2.37. The standard InChI is InChI=1S/C24H29FN2O5/c1-15-9-16(5-7-20(15)25)17-10-18(13-27(12-17)23(28)14-30-2)24(29)26-21-8-6-19(31-3)11-22(21)32-4/h5-9,11,17-18H,10,12-14H2,1-4H3,(H,26,29). The fraction of sp³-hybridized carbons (Fsp3) is 0.417. The number of ether oxygens (including phenoxy) is 3. The van der Waals surface area contributed by atoms with Crippen LogP contribution in [0.4, 0.5) is 10.1 Å². The third-order valence-corrected chi connectivity index (χ3v) is 5.76. The lowest BCUT2D eigenvalue weighted by molar-refractivity contribution is -0.138. The Bertz CT molecular complexity index is 981. The minimum absolute atomic E-state index is 0.0597. The van der Waals surface area contributed by atoms with E-state index in [1.807, 2.05) is 0 Å². The predicted molar refractivity (Wildman–Crippen MR) is 119 cm³/mol. The molecule has 0 aliphatic carbocycles. The minimum atomic E-state index is -0.452. The van der Waals surface area contributed by atoms with Crippen molar-refractivity contribution in [1.82, 2.24) is 4.90 Å². The van der Waals surface area contributed by atoms with E-state index >= 15 is 0 Å². The third kappa shape index (κ3) is 5.37.